The summed E-state index contributed by atoms with van der Waals surface area (Å²) in [5.41, 5.74) is 2.45. The van der Waals surface area contributed by atoms with E-state index in [2.05, 4.69) is 62.4 Å². The van der Waals surface area contributed by atoms with Crippen LogP contribution in [0.1, 0.15) is 37.5 Å². The van der Waals surface area contributed by atoms with Gasteiger partial charge in [0.25, 0.3) is 0 Å². The highest BCUT2D eigenvalue weighted by molar-refractivity contribution is 5.49. The average Bonchev–Trinajstić information content (AvgIpc) is 2.52. The van der Waals surface area contributed by atoms with Gasteiger partial charge in [0.1, 0.15) is 0 Å². The second-order valence-corrected chi connectivity index (χ2v) is 4.92. The van der Waals surface area contributed by atoms with Crippen molar-refractivity contribution in [2.75, 3.05) is 0 Å². The Labute approximate surface area is 121 Å². The molecule has 0 spiro atoms. The molecule has 0 aliphatic carbocycles. The summed E-state index contributed by atoms with van der Waals surface area (Å²) in [6.07, 6.45) is 5.46. The van der Waals surface area contributed by atoms with Crippen LogP contribution in [-0.4, -0.2) is 6.10 Å². The monoisotopic (exact) mass is 266 g/mol. The topological polar surface area (TPSA) is 9.23 Å². The lowest BCUT2D eigenvalue weighted by molar-refractivity contribution is 0.0197. The van der Waals surface area contributed by atoms with Gasteiger partial charge in [-0.2, -0.15) is 0 Å². The molecule has 0 amide bonds. The molecule has 0 aliphatic rings. The van der Waals surface area contributed by atoms with Crippen LogP contribution in [0.4, 0.5) is 0 Å². The maximum absolute atomic E-state index is 6.12. The minimum atomic E-state index is 0.0976. The van der Waals surface area contributed by atoms with Crippen molar-refractivity contribution >= 4 is 6.08 Å². The molecule has 0 aromatic heterocycles. The number of benzene rings is 2. The summed E-state index contributed by atoms with van der Waals surface area (Å²) >= 11 is 0. The molecule has 1 heteroatoms. The van der Waals surface area contributed by atoms with E-state index in [4.69, 9.17) is 4.74 Å². The molecular weight excluding hydrogens is 244 g/mol. The van der Waals surface area contributed by atoms with Crippen molar-refractivity contribution in [1.82, 2.24) is 0 Å². The number of rotatable bonds is 6. The summed E-state index contributed by atoms with van der Waals surface area (Å²) in [6.45, 7) is 4.25. The Morgan fingerprint density at radius 1 is 0.950 bits per heavy atom. The third kappa shape index (κ3) is 4.36. The first kappa shape index (κ1) is 14.5. The van der Waals surface area contributed by atoms with Crippen LogP contribution >= 0.6 is 0 Å². The van der Waals surface area contributed by atoms with Gasteiger partial charge in [0.2, 0.25) is 0 Å². The predicted octanol–water partition coefficient (Wildman–Crippen LogP) is 5.26. The Bertz CT molecular complexity index is 516. The highest BCUT2D eigenvalue weighted by Gasteiger charge is 2.11. The van der Waals surface area contributed by atoms with Gasteiger partial charge in [0, 0.05) is 0 Å². The van der Waals surface area contributed by atoms with Crippen molar-refractivity contribution in [3.63, 3.8) is 0 Å². The first-order chi connectivity index (χ1) is 9.79. The summed E-state index contributed by atoms with van der Waals surface area (Å²) < 4.78 is 6.12. The minimum Gasteiger partial charge on any atom is -0.367 e. The zero-order valence-corrected chi connectivity index (χ0v) is 12.2. The standard InChI is InChI=1S/C19H22O/c1-3-19(18-12-8-5-9-13-18)20-16(2)14-15-17-10-6-4-7-11-17/h4-16,19H,3H2,1-2H3/b15-14+. The summed E-state index contributed by atoms with van der Waals surface area (Å²) in [5.74, 6) is 0. The molecule has 104 valence electrons. The Hall–Kier alpha value is -1.86. The van der Waals surface area contributed by atoms with Crippen LogP contribution in [0.25, 0.3) is 6.08 Å². The summed E-state index contributed by atoms with van der Waals surface area (Å²) in [6, 6.07) is 20.7. The molecule has 1 nitrogen and oxygen atoms in total. The van der Waals surface area contributed by atoms with Crippen LogP contribution in [0.5, 0.6) is 0 Å². The second kappa shape index (κ2) is 7.66. The first-order valence-corrected chi connectivity index (χ1v) is 7.23. The molecule has 2 aromatic rings. The van der Waals surface area contributed by atoms with Gasteiger partial charge in [-0.3, -0.25) is 0 Å². The smallest absolute Gasteiger partial charge is 0.0830 e. The van der Waals surface area contributed by atoms with Crippen molar-refractivity contribution in [3.8, 4) is 0 Å². The molecule has 0 N–H and O–H groups in total. The van der Waals surface area contributed by atoms with Crippen LogP contribution in [0, 0.1) is 0 Å². The van der Waals surface area contributed by atoms with Gasteiger partial charge in [-0.05, 0) is 24.5 Å². The van der Waals surface area contributed by atoms with E-state index in [1.54, 1.807) is 0 Å². The van der Waals surface area contributed by atoms with E-state index in [1.807, 2.05) is 24.3 Å². The third-order valence-corrected chi connectivity index (χ3v) is 3.28. The van der Waals surface area contributed by atoms with Gasteiger partial charge in [0.15, 0.2) is 0 Å². The Balaban J connectivity index is 1.96. The zero-order chi connectivity index (χ0) is 14.2. The lowest BCUT2D eigenvalue weighted by Gasteiger charge is -2.19. The quantitative estimate of drug-likeness (QED) is 0.693. The molecule has 0 saturated carbocycles. The molecule has 0 saturated heterocycles. The summed E-state index contributed by atoms with van der Waals surface area (Å²) in [4.78, 5) is 0. The number of ether oxygens (including phenoxy) is 1. The fourth-order valence-corrected chi connectivity index (χ4v) is 2.19. The molecule has 0 aliphatic heterocycles. The van der Waals surface area contributed by atoms with Crippen LogP contribution in [-0.2, 0) is 4.74 Å². The minimum absolute atomic E-state index is 0.0976. The summed E-state index contributed by atoms with van der Waals surface area (Å²) in [7, 11) is 0. The van der Waals surface area contributed by atoms with Crippen LogP contribution in [0.3, 0.4) is 0 Å². The Kier molecular flexibility index (Phi) is 5.57. The van der Waals surface area contributed by atoms with E-state index in [0.717, 1.165) is 6.42 Å². The zero-order valence-electron chi connectivity index (χ0n) is 12.2. The SMILES string of the molecule is CCC(OC(C)/C=C/c1ccccc1)c1ccccc1. The second-order valence-electron chi connectivity index (χ2n) is 4.92. The van der Waals surface area contributed by atoms with Crippen LogP contribution in [0.15, 0.2) is 66.7 Å². The maximum atomic E-state index is 6.12. The lowest BCUT2D eigenvalue weighted by Crippen LogP contribution is -2.10. The first-order valence-electron chi connectivity index (χ1n) is 7.23. The fraction of sp³-hybridized carbons (Fsp3) is 0.263. The molecule has 0 radical (unpaired) electrons. The Morgan fingerprint density at radius 2 is 1.55 bits per heavy atom. The molecule has 2 unspecified atom stereocenters. The lowest BCUT2D eigenvalue weighted by atomic mass is 10.1. The molecule has 0 fully saturated rings. The van der Waals surface area contributed by atoms with Crippen molar-refractivity contribution < 1.29 is 4.74 Å². The average molecular weight is 266 g/mol. The van der Waals surface area contributed by atoms with Crippen molar-refractivity contribution in [2.45, 2.75) is 32.5 Å². The van der Waals surface area contributed by atoms with E-state index >= 15 is 0 Å². The molecule has 0 heterocycles. The number of hydrogen-bond acceptors (Lipinski definition) is 1. The molecule has 20 heavy (non-hydrogen) atoms. The highest BCUT2D eigenvalue weighted by atomic mass is 16.5. The molecule has 2 atom stereocenters. The van der Waals surface area contributed by atoms with E-state index in [9.17, 15) is 0 Å². The van der Waals surface area contributed by atoms with Gasteiger partial charge < -0.3 is 4.74 Å². The molecule has 2 aromatic carbocycles. The largest absolute Gasteiger partial charge is 0.367 e. The molecule has 2 rings (SSSR count). The fourth-order valence-electron chi connectivity index (χ4n) is 2.19. The van der Waals surface area contributed by atoms with E-state index < -0.39 is 0 Å². The summed E-state index contributed by atoms with van der Waals surface area (Å²) in [5, 5.41) is 0. The van der Waals surface area contributed by atoms with Gasteiger partial charge >= 0.3 is 0 Å². The van der Waals surface area contributed by atoms with Crippen molar-refractivity contribution in [1.29, 1.82) is 0 Å². The van der Waals surface area contributed by atoms with Gasteiger partial charge in [0.05, 0.1) is 12.2 Å². The predicted molar refractivity (Wildman–Crippen MR) is 85.5 cm³/mol. The van der Waals surface area contributed by atoms with Crippen molar-refractivity contribution in [2.24, 2.45) is 0 Å². The van der Waals surface area contributed by atoms with Gasteiger partial charge in [-0.25, -0.2) is 0 Å². The normalized spacial score (nSPS) is 14.3. The van der Waals surface area contributed by atoms with Crippen LogP contribution < -0.4 is 0 Å². The molecular formula is C19H22O. The molecule has 0 bridgehead atoms. The van der Waals surface area contributed by atoms with Gasteiger partial charge in [-0.1, -0.05) is 79.7 Å². The third-order valence-electron chi connectivity index (χ3n) is 3.28. The maximum Gasteiger partial charge on any atom is 0.0830 e. The number of hydrogen-bond donors (Lipinski definition) is 0. The van der Waals surface area contributed by atoms with Gasteiger partial charge in [-0.15, -0.1) is 0 Å². The van der Waals surface area contributed by atoms with E-state index in [0.29, 0.717) is 0 Å². The van der Waals surface area contributed by atoms with E-state index in [-0.39, 0.29) is 12.2 Å². The highest BCUT2D eigenvalue weighted by Crippen LogP contribution is 2.22. The Morgan fingerprint density at radius 3 is 2.15 bits per heavy atom. The van der Waals surface area contributed by atoms with E-state index in [1.165, 1.54) is 11.1 Å². The van der Waals surface area contributed by atoms with Crippen molar-refractivity contribution in [3.05, 3.63) is 77.9 Å². The van der Waals surface area contributed by atoms with Crippen LogP contribution in [0.2, 0.25) is 0 Å².